The van der Waals surface area contributed by atoms with Crippen molar-refractivity contribution in [3.05, 3.63) is 59.9 Å². The number of ether oxygens (including phenoxy) is 1. The van der Waals surface area contributed by atoms with Gasteiger partial charge < -0.3 is 19.9 Å². The summed E-state index contributed by atoms with van der Waals surface area (Å²) in [6.45, 7) is 5.41. The molecule has 1 amide bonds. The van der Waals surface area contributed by atoms with Crippen molar-refractivity contribution >= 4 is 11.6 Å². The molecule has 3 rings (SSSR count). The molecule has 2 aromatic rings. The van der Waals surface area contributed by atoms with Crippen molar-refractivity contribution in [1.82, 2.24) is 0 Å². The van der Waals surface area contributed by atoms with Gasteiger partial charge >= 0.3 is 0 Å². The van der Waals surface area contributed by atoms with Crippen LogP contribution >= 0.6 is 0 Å². The fourth-order valence-electron chi connectivity index (χ4n) is 3.34. The summed E-state index contributed by atoms with van der Waals surface area (Å²) >= 11 is 0. The van der Waals surface area contributed by atoms with Crippen LogP contribution in [-0.2, 0) is 11.3 Å². The number of rotatable bonds is 6. The van der Waals surface area contributed by atoms with E-state index in [9.17, 15) is 9.18 Å². The normalized spacial score (nSPS) is 19.8. The highest BCUT2D eigenvalue weighted by atomic mass is 19.1. The first-order valence-electron chi connectivity index (χ1n) is 8.98. The lowest BCUT2D eigenvalue weighted by Crippen LogP contribution is -3.28. The predicted octanol–water partition coefficient (Wildman–Crippen LogP) is -0.244. The molecule has 0 spiro atoms. The van der Waals surface area contributed by atoms with Gasteiger partial charge in [0, 0.05) is 11.3 Å². The number of hydrogen-bond acceptors (Lipinski definition) is 2. The van der Waals surface area contributed by atoms with Gasteiger partial charge in [-0.15, -0.1) is 0 Å². The Labute approximate surface area is 153 Å². The maximum atomic E-state index is 13.2. The zero-order valence-electron chi connectivity index (χ0n) is 15.1. The highest BCUT2D eigenvalue weighted by Gasteiger charge is 2.24. The Morgan fingerprint density at radius 1 is 1.08 bits per heavy atom. The fraction of sp³-hybridized carbons (Fsp3) is 0.350. The molecule has 1 aliphatic rings. The number of methoxy groups -OCH3 is 1. The van der Waals surface area contributed by atoms with Gasteiger partial charge in [0.2, 0.25) is 0 Å². The van der Waals surface area contributed by atoms with Gasteiger partial charge in [-0.1, -0.05) is 6.07 Å². The summed E-state index contributed by atoms with van der Waals surface area (Å²) in [5, 5.41) is 2.77. The van der Waals surface area contributed by atoms with Crippen molar-refractivity contribution in [3.8, 4) is 5.75 Å². The fourth-order valence-corrected chi connectivity index (χ4v) is 3.34. The third kappa shape index (κ3) is 5.28. The Morgan fingerprint density at radius 3 is 2.42 bits per heavy atom. The van der Waals surface area contributed by atoms with Crippen LogP contribution in [0.25, 0.3) is 0 Å². The van der Waals surface area contributed by atoms with Crippen molar-refractivity contribution in [3.63, 3.8) is 0 Å². The maximum Gasteiger partial charge on any atom is 0.279 e. The number of carbonyl (C=O) groups excluding carboxylic acids is 1. The molecule has 1 fully saturated rings. The van der Waals surface area contributed by atoms with E-state index in [1.165, 1.54) is 27.5 Å². The van der Waals surface area contributed by atoms with Gasteiger partial charge in [-0.25, -0.2) is 4.39 Å². The zero-order valence-corrected chi connectivity index (χ0v) is 15.1. The van der Waals surface area contributed by atoms with Gasteiger partial charge in [0.05, 0.1) is 7.11 Å². The molecule has 0 bridgehead atoms. The summed E-state index contributed by atoms with van der Waals surface area (Å²) in [5.41, 5.74) is 1.81. The molecule has 0 unspecified atom stereocenters. The van der Waals surface area contributed by atoms with Gasteiger partial charge in [-0.3, -0.25) is 4.79 Å². The van der Waals surface area contributed by atoms with Crippen molar-refractivity contribution in [1.29, 1.82) is 0 Å². The van der Waals surface area contributed by atoms with Crippen molar-refractivity contribution < 1.29 is 23.7 Å². The van der Waals surface area contributed by atoms with Crippen LogP contribution in [0.4, 0.5) is 10.1 Å². The quantitative estimate of drug-likeness (QED) is 0.667. The van der Waals surface area contributed by atoms with Crippen LogP contribution in [0, 0.1) is 5.82 Å². The summed E-state index contributed by atoms with van der Waals surface area (Å²) in [6.07, 6.45) is 0. The molecule has 1 saturated heterocycles. The van der Waals surface area contributed by atoms with E-state index in [0.717, 1.165) is 38.5 Å². The average molecular weight is 359 g/mol. The van der Waals surface area contributed by atoms with Crippen LogP contribution in [0.3, 0.4) is 0 Å². The average Bonchev–Trinajstić information content (AvgIpc) is 2.64. The number of nitrogens with one attached hydrogen (secondary N) is 3. The maximum absolute atomic E-state index is 13.2. The lowest BCUT2D eigenvalue weighted by molar-refractivity contribution is -1.02. The minimum absolute atomic E-state index is 0.0656. The van der Waals surface area contributed by atoms with Gasteiger partial charge in [-0.2, -0.15) is 0 Å². The molecule has 5 nitrogen and oxygen atoms in total. The minimum atomic E-state index is -0.342. The van der Waals surface area contributed by atoms with Crippen molar-refractivity contribution in [2.24, 2.45) is 0 Å². The number of hydrogen-bond donors (Lipinski definition) is 3. The second-order valence-corrected chi connectivity index (χ2v) is 6.76. The molecule has 0 saturated carbocycles. The number of halogens is 1. The lowest BCUT2D eigenvalue weighted by atomic mass is 10.2. The molecule has 1 aliphatic heterocycles. The van der Waals surface area contributed by atoms with E-state index in [-0.39, 0.29) is 11.7 Å². The Balaban J connectivity index is 1.42. The molecule has 1 heterocycles. The number of benzene rings is 2. The van der Waals surface area contributed by atoms with E-state index in [2.05, 4.69) is 17.4 Å². The van der Waals surface area contributed by atoms with E-state index in [0.29, 0.717) is 12.2 Å². The number of carbonyl (C=O) groups is 1. The summed E-state index contributed by atoms with van der Waals surface area (Å²) in [5.74, 6) is 0.470. The summed E-state index contributed by atoms with van der Waals surface area (Å²) < 4.78 is 18.4. The molecule has 0 aromatic heterocycles. The highest BCUT2D eigenvalue weighted by molar-refractivity contribution is 5.91. The van der Waals surface area contributed by atoms with E-state index in [4.69, 9.17) is 4.74 Å². The Hall–Kier alpha value is -2.44. The van der Waals surface area contributed by atoms with E-state index in [1.54, 1.807) is 19.2 Å². The molecule has 138 valence electrons. The lowest BCUT2D eigenvalue weighted by Gasteiger charge is -2.29. The summed E-state index contributed by atoms with van der Waals surface area (Å²) in [7, 11) is 1.67. The first-order valence-corrected chi connectivity index (χ1v) is 8.98. The third-order valence-corrected chi connectivity index (χ3v) is 4.80. The van der Waals surface area contributed by atoms with Crippen LogP contribution in [-0.4, -0.2) is 45.7 Å². The van der Waals surface area contributed by atoms with Crippen molar-refractivity contribution in [2.75, 3.05) is 45.2 Å². The Bertz CT molecular complexity index is 728. The molecule has 6 heteroatoms. The zero-order chi connectivity index (χ0) is 18.4. The van der Waals surface area contributed by atoms with Crippen LogP contribution in [0.2, 0.25) is 0 Å². The first kappa shape index (κ1) is 18.4. The molecule has 0 atom stereocenters. The Kier molecular flexibility index (Phi) is 6.20. The third-order valence-electron chi connectivity index (χ3n) is 4.80. The second-order valence-electron chi connectivity index (χ2n) is 6.76. The second kappa shape index (κ2) is 8.78. The van der Waals surface area contributed by atoms with Gasteiger partial charge in [0.25, 0.3) is 5.91 Å². The first-order chi connectivity index (χ1) is 12.6. The van der Waals surface area contributed by atoms with E-state index >= 15 is 0 Å². The molecule has 0 radical (unpaired) electrons. The van der Waals surface area contributed by atoms with Gasteiger partial charge in [-0.05, 0) is 42.5 Å². The molecule has 3 N–H and O–H groups in total. The molecule has 0 aliphatic carbocycles. The SMILES string of the molecule is COc1ccc(C[NH+]2CC[NH+](CC(=O)Nc3cccc(F)c3)CC2)cc1. The predicted molar refractivity (Wildman–Crippen MR) is 98.0 cm³/mol. The molecular formula is C20H26FN3O2+2. The largest absolute Gasteiger partial charge is 0.497 e. The van der Waals surface area contributed by atoms with Crippen LogP contribution in [0.5, 0.6) is 5.75 Å². The molecule has 26 heavy (non-hydrogen) atoms. The smallest absolute Gasteiger partial charge is 0.279 e. The van der Waals surface area contributed by atoms with Crippen LogP contribution in [0.1, 0.15) is 5.56 Å². The van der Waals surface area contributed by atoms with Crippen molar-refractivity contribution in [2.45, 2.75) is 6.54 Å². The minimum Gasteiger partial charge on any atom is -0.497 e. The Morgan fingerprint density at radius 2 is 1.77 bits per heavy atom. The molecular weight excluding hydrogens is 333 g/mol. The number of quaternary nitrogens is 2. The number of piperazine rings is 1. The van der Waals surface area contributed by atoms with E-state index in [1.807, 2.05) is 12.1 Å². The number of amides is 1. The van der Waals surface area contributed by atoms with Gasteiger partial charge in [0.1, 0.15) is 44.3 Å². The van der Waals surface area contributed by atoms with Gasteiger partial charge in [0.15, 0.2) is 6.54 Å². The standard InChI is InChI=1S/C20H24FN3O2/c1-26-19-7-5-16(6-8-19)14-23-9-11-24(12-10-23)15-20(25)22-18-4-2-3-17(21)13-18/h2-8,13H,9-12,14-15H2,1H3,(H,22,25)/p+2. The van der Waals surface area contributed by atoms with Crippen LogP contribution in [0.15, 0.2) is 48.5 Å². The van der Waals surface area contributed by atoms with Crippen LogP contribution < -0.4 is 19.9 Å². The van der Waals surface area contributed by atoms with E-state index < -0.39 is 0 Å². The number of anilines is 1. The topological polar surface area (TPSA) is 47.2 Å². The molecule has 2 aromatic carbocycles. The highest BCUT2D eigenvalue weighted by Crippen LogP contribution is 2.10. The monoisotopic (exact) mass is 359 g/mol. The summed E-state index contributed by atoms with van der Waals surface area (Å²) in [6, 6.07) is 14.2. The summed E-state index contributed by atoms with van der Waals surface area (Å²) in [4.78, 5) is 15.0.